The summed E-state index contributed by atoms with van der Waals surface area (Å²) >= 11 is 0. The summed E-state index contributed by atoms with van der Waals surface area (Å²) in [6.07, 6.45) is 0.814. The van der Waals surface area contributed by atoms with Crippen LogP contribution in [0.3, 0.4) is 0 Å². The van der Waals surface area contributed by atoms with Gasteiger partial charge in [0.1, 0.15) is 6.04 Å². The molecule has 6 rings (SSSR count). The van der Waals surface area contributed by atoms with E-state index in [4.69, 9.17) is 14.2 Å². The van der Waals surface area contributed by atoms with E-state index in [0.29, 0.717) is 54.0 Å². The van der Waals surface area contributed by atoms with Gasteiger partial charge in [0.05, 0.1) is 25.0 Å². The van der Waals surface area contributed by atoms with Gasteiger partial charge in [0.25, 0.3) is 5.91 Å². The quantitative estimate of drug-likeness (QED) is 0.497. The predicted molar refractivity (Wildman–Crippen MR) is 136 cm³/mol. The number of aromatic nitrogens is 4. The average molecular weight is 522 g/mol. The second-order valence-corrected chi connectivity index (χ2v) is 9.67. The van der Waals surface area contributed by atoms with E-state index in [0.717, 1.165) is 37.2 Å². The Hall–Kier alpha value is -3.74. The average Bonchev–Trinajstić information content (AvgIpc) is 3.62. The highest BCUT2D eigenvalue weighted by Crippen LogP contribution is 2.50. The van der Waals surface area contributed by atoms with Crippen LogP contribution in [0.5, 0.6) is 17.2 Å². The number of para-hydroxylation sites is 1. The number of carbonyl (C=O) groups excluding carboxylic acids is 1. The van der Waals surface area contributed by atoms with E-state index in [2.05, 4.69) is 25.3 Å². The summed E-state index contributed by atoms with van der Waals surface area (Å²) in [5.41, 5.74) is 3.18. The lowest BCUT2D eigenvalue weighted by Gasteiger charge is -2.35. The number of aliphatic hydroxyl groups is 1. The molecule has 1 saturated heterocycles. The second kappa shape index (κ2) is 10.2. The van der Waals surface area contributed by atoms with Gasteiger partial charge in [-0.1, -0.05) is 12.1 Å². The van der Waals surface area contributed by atoms with Crippen molar-refractivity contribution in [3.05, 3.63) is 52.8 Å². The number of piperazine rings is 1. The van der Waals surface area contributed by atoms with Crippen molar-refractivity contribution in [3.63, 3.8) is 0 Å². The van der Waals surface area contributed by atoms with Crippen molar-refractivity contribution in [2.24, 2.45) is 0 Å². The second-order valence-electron chi connectivity index (χ2n) is 9.67. The van der Waals surface area contributed by atoms with Crippen LogP contribution in [0.2, 0.25) is 0 Å². The van der Waals surface area contributed by atoms with Crippen molar-refractivity contribution < 1.29 is 24.1 Å². The molecule has 2 aromatic carbocycles. The Labute approximate surface area is 220 Å². The Balaban J connectivity index is 1.39. The number of aliphatic hydroxyl groups excluding tert-OH is 1. The number of amides is 1. The summed E-state index contributed by atoms with van der Waals surface area (Å²) in [5.74, 6) is 2.40. The molecule has 0 unspecified atom stereocenters. The van der Waals surface area contributed by atoms with Gasteiger partial charge in [-0.15, -0.1) is 5.10 Å². The summed E-state index contributed by atoms with van der Waals surface area (Å²) in [7, 11) is 3.65. The molecule has 0 bridgehead atoms. The van der Waals surface area contributed by atoms with E-state index in [1.54, 1.807) is 11.8 Å². The molecule has 1 amide bonds. The molecule has 12 heteroatoms. The molecule has 1 atom stereocenters. The Morgan fingerprint density at radius 3 is 2.76 bits per heavy atom. The maximum Gasteiger partial charge on any atom is 0.256 e. The van der Waals surface area contributed by atoms with Crippen LogP contribution < -0.4 is 14.2 Å². The number of ether oxygens (including phenoxy) is 3. The molecule has 0 spiro atoms. The fourth-order valence-electron chi connectivity index (χ4n) is 5.62. The highest BCUT2D eigenvalue weighted by molar-refractivity contribution is 5.97. The number of benzene rings is 2. The SMILES string of the molecule is COc1c2c(cc3c1[C@H](c1nnnn1-c1ccccc1C(=O)N1CCN(CCO)CC1)N(C)CC3)OCO2. The van der Waals surface area contributed by atoms with Crippen LogP contribution in [-0.2, 0) is 6.42 Å². The fraction of sp³-hybridized carbons (Fsp3) is 0.462. The third-order valence-corrected chi connectivity index (χ3v) is 7.57. The largest absolute Gasteiger partial charge is 0.492 e. The van der Waals surface area contributed by atoms with E-state index in [-0.39, 0.29) is 25.3 Å². The number of nitrogens with zero attached hydrogens (tertiary/aromatic N) is 7. The Morgan fingerprint density at radius 2 is 1.97 bits per heavy atom. The van der Waals surface area contributed by atoms with Crippen LogP contribution in [0.4, 0.5) is 0 Å². The van der Waals surface area contributed by atoms with Crippen molar-refractivity contribution in [1.29, 1.82) is 0 Å². The first-order valence-corrected chi connectivity index (χ1v) is 12.8. The minimum Gasteiger partial charge on any atom is -0.492 e. The molecular formula is C26H31N7O5. The molecule has 0 radical (unpaired) electrons. The minimum absolute atomic E-state index is 0.0657. The van der Waals surface area contributed by atoms with Crippen LogP contribution in [0, 0.1) is 0 Å². The predicted octanol–water partition coefficient (Wildman–Crippen LogP) is 0.727. The van der Waals surface area contributed by atoms with Gasteiger partial charge in [0.2, 0.25) is 12.5 Å². The number of rotatable bonds is 6. The molecule has 1 aromatic heterocycles. The maximum atomic E-state index is 13.7. The topological polar surface area (TPSA) is 118 Å². The number of hydrogen-bond donors (Lipinski definition) is 1. The summed E-state index contributed by atoms with van der Waals surface area (Å²) in [4.78, 5) is 19.9. The third-order valence-electron chi connectivity index (χ3n) is 7.57. The lowest BCUT2D eigenvalue weighted by Crippen LogP contribution is -2.49. The fourth-order valence-corrected chi connectivity index (χ4v) is 5.62. The van der Waals surface area contributed by atoms with Crippen molar-refractivity contribution in [2.45, 2.75) is 12.5 Å². The first-order chi connectivity index (χ1) is 18.6. The zero-order valence-electron chi connectivity index (χ0n) is 21.5. The first-order valence-electron chi connectivity index (χ1n) is 12.8. The lowest BCUT2D eigenvalue weighted by molar-refractivity contribution is 0.0614. The van der Waals surface area contributed by atoms with Crippen molar-refractivity contribution in [1.82, 2.24) is 34.9 Å². The van der Waals surface area contributed by atoms with E-state index in [1.807, 2.05) is 42.3 Å². The van der Waals surface area contributed by atoms with Crippen LogP contribution in [0.15, 0.2) is 30.3 Å². The summed E-state index contributed by atoms with van der Waals surface area (Å²) < 4.78 is 18.9. The Morgan fingerprint density at radius 1 is 1.16 bits per heavy atom. The van der Waals surface area contributed by atoms with Crippen molar-refractivity contribution in [2.75, 3.05) is 66.8 Å². The van der Waals surface area contributed by atoms with Gasteiger partial charge in [-0.25, -0.2) is 0 Å². The lowest BCUT2D eigenvalue weighted by atomic mass is 9.90. The van der Waals surface area contributed by atoms with E-state index < -0.39 is 0 Å². The van der Waals surface area contributed by atoms with Crippen molar-refractivity contribution in [3.8, 4) is 22.9 Å². The van der Waals surface area contributed by atoms with Crippen LogP contribution in [-0.4, -0.2) is 113 Å². The van der Waals surface area contributed by atoms with Crippen LogP contribution in [0.25, 0.3) is 5.69 Å². The molecule has 3 aromatic rings. The molecule has 0 saturated carbocycles. The van der Waals surface area contributed by atoms with Gasteiger partial charge in [-0.3, -0.25) is 14.6 Å². The number of methoxy groups -OCH3 is 1. The molecule has 0 aliphatic carbocycles. The smallest absolute Gasteiger partial charge is 0.256 e. The van der Waals surface area contributed by atoms with Crippen molar-refractivity contribution >= 4 is 5.91 Å². The van der Waals surface area contributed by atoms with Gasteiger partial charge in [0, 0.05) is 44.8 Å². The number of likely N-dealkylation sites (N-methyl/N-ethyl adjacent to an activating group) is 1. The molecular weight excluding hydrogens is 490 g/mol. The maximum absolute atomic E-state index is 13.7. The summed E-state index contributed by atoms with van der Waals surface area (Å²) in [6.45, 7) is 4.31. The van der Waals surface area contributed by atoms with Gasteiger partial charge >= 0.3 is 0 Å². The van der Waals surface area contributed by atoms with Crippen LogP contribution in [0.1, 0.15) is 33.4 Å². The number of hydrogen-bond acceptors (Lipinski definition) is 10. The molecule has 200 valence electrons. The monoisotopic (exact) mass is 521 g/mol. The number of carbonyl (C=O) groups is 1. The number of tetrazole rings is 1. The number of β-amino-alcohol motifs (C(OH)–C–C–N with tert-alkyl or cyclic N) is 1. The molecule has 3 aliphatic rings. The Kier molecular flexibility index (Phi) is 6.60. The minimum atomic E-state index is -0.330. The molecule has 3 aliphatic heterocycles. The van der Waals surface area contributed by atoms with Gasteiger partial charge in [-0.2, -0.15) is 4.68 Å². The zero-order chi connectivity index (χ0) is 26.2. The first kappa shape index (κ1) is 24.6. The highest BCUT2D eigenvalue weighted by Gasteiger charge is 2.38. The van der Waals surface area contributed by atoms with Gasteiger partial charge in [-0.05, 0) is 47.7 Å². The van der Waals surface area contributed by atoms with Gasteiger partial charge < -0.3 is 24.2 Å². The normalized spacial score (nSPS) is 19.4. The summed E-state index contributed by atoms with van der Waals surface area (Å²) in [5, 5.41) is 22.1. The van der Waals surface area contributed by atoms with E-state index >= 15 is 0 Å². The zero-order valence-corrected chi connectivity index (χ0v) is 21.5. The van der Waals surface area contributed by atoms with Crippen LogP contribution >= 0.6 is 0 Å². The molecule has 1 fully saturated rings. The standard InChI is InChI=1S/C26H31N7O5/c1-30-8-7-17-15-20-23(38-16-37-20)24(36-2)21(17)22(30)25-27-28-29-33(25)19-6-4-3-5-18(19)26(35)32-11-9-31(10-12-32)13-14-34/h3-6,15,22,34H,7-14,16H2,1-2H3/t22-/m1/s1. The summed E-state index contributed by atoms with van der Waals surface area (Å²) in [6, 6.07) is 9.11. The molecule has 12 nitrogen and oxygen atoms in total. The van der Waals surface area contributed by atoms with E-state index in [1.165, 1.54) is 0 Å². The molecule has 38 heavy (non-hydrogen) atoms. The van der Waals surface area contributed by atoms with Gasteiger partial charge in [0.15, 0.2) is 17.3 Å². The van der Waals surface area contributed by atoms with E-state index in [9.17, 15) is 9.90 Å². The highest BCUT2D eigenvalue weighted by atomic mass is 16.7. The number of fused-ring (bicyclic) bond motifs is 2. The Bertz CT molecular complexity index is 1340. The molecule has 1 N–H and O–H groups in total. The molecule has 4 heterocycles. The third kappa shape index (κ3) is 4.14.